The Balaban J connectivity index is 2.29. The number of rotatable bonds is 4. The Hall–Kier alpha value is -1.13. The summed E-state index contributed by atoms with van der Waals surface area (Å²) in [5, 5.41) is 3.06. The Morgan fingerprint density at radius 1 is 1.59 bits per heavy atom. The molecule has 0 aromatic heterocycles. The zero-order valence-corrected chi connectivity index (χ0v) is 10.1. The molecule has 1 atom stereocenters. The van der Waals surface area contributed by atoms with Gasteiger partial charge < -0.3 is 4.74 Å². The minimum atomic E-state index is -0.786. The van der Waals surface area contributed by atoms with Gasteiger partial charge in [-0.2, -0.15) is 0 Å². The number of ether oxygens (including phenoxy) is 1. The first-order valence-corrected chi connectivity index (χ1v) is 5.79. The maximum Gasteiger partial charge on any atom is 0.327 e. The van der Waals surface area contributed by atoms with Gasteiger partial charge >= 0.3 is 5.97 Å². The molecule has 17 heavy (non-hydrogen) atoms. The van der Waals surface area contributed by atoms with Gasteiger partial charge in [-0.25, -0.2) is 9.18 Å². The molecule has 0 saturated heterocycles. The summed E-state index contributed by atoms with van der Waals surface area (Å²) in [7, 11) is 1.28. The standard InChI is InChI=1S/C12H13ClFNO2/c1-17-12(16)11(15-7-5-6-7)8-3-2-4-9(13)10(8)14/h2-4,7,11,15H,5-6H2,1H3. The molecule has 1 aliphatic carbocycles. The van der Waals surface area contributed by atoms with Crippen LogP contribution in [0, 0.1) is 5.82 Å². The van der Waals surface area contributed by atoms with Gasteiger partial charge in [0.05, 0.1) is 12.1 Å². The van der Waals surface area contributed by atoms with Gasteiger partial charge in [0.25, 0.3) is 0 Å². The van der Waals surface area contributed by atoms with Crippen LogP contribution in [0.15, 0.2) is 18.2 Å². The van der Waals surface area contributed by atoms with Gasteiger partial charge in [0.2, 0.25) is 0 Å². The number of benzene rings is 1. The highest BCUT2D eigenvalue weighted by molar-refractivity contribution is 6.30. The van der Waals surface area contributed by atoms with Crippen molar-refractivity contribution in [1.82, 2.24) is 5.32 Å². The van der Waals surface area contributed by atoms with E-state index in [2.05, 4.69) is 10.1 Å². The maximum atomic E-state index is 13.8. The number of carbonyl (C=O) groups excluding carboxylic acids is 1. The molecule has 92 valence electrons. The second kappa shape index (κ2) is 5.02. The molecule has 1 fully saturated rings. The largest absolute Gasteiger partial charge is 0.468 e. The third-order valence-corrected chi connectivity index (χ3v) is 3.00. The van der Waals surface area contributed by atoms with Gasteiger partial charge in [0.1, 0.15) is 11.9 Å². The fourth-order valence-electron chi connectivity index (χ4n) is 1.63. The fraction of sp³-hybridized carbons (Fsp3) is 0.417. The summed E-state index contributed by atoms with van der Waals surface area (Å²) in [5.74, 6) is -1.07. The van der Waals surface area contributed by atoms with E-state index in [1.165, 1.54) is 19.2 Å². The highest BCUT2D eigenvalue weighted by atomic mass is 35.5. The van der Waals surface area contributed by atoms with Gasteiger partial charge in [0, 0.05) is 11.6 Å². The topological polar surface area (TPSA) is 38.3 Å². The molecule has 0 amide bonds. The smallest absolute Gasteiger partial charge is 0.327 e. The van der Waals surface area contributed by atoms with E-state index in [4.69, 9.17) is 11.6 Å². The lowest BCUT2D eigenvalue weighted by molar-refractivity contribution is -0.143. The first kappa shape index (κ1) is 12.3. The molecule has 1 unspecified atom stereocenters. The van der Waals surface area contributed by atoms with Crippen molar-refractivity contribution in [3.63, 3.8) is 0 Å². The number of halogens is 2. The van der Waals surface area contributed by atoms with Crippen LogP contribution in [0.1, 0.15) is 24.4 Å². The lowest BCUT2D eigenvalue weighted by Crippen LogP contribution is -2.32. The van der Waals surface area contributed by atoms with Crippen molar-refractivity contribution in [2.75, 3.05) is 7.11 Å². The van der Waals surface area contributed by atoms with Crippen molar-refractivity contribution in [2.24, 2.45) is 0 Å². The molecule has 2 rings (SSSR count). The van der Waals surface area contributed by atoms with E-state index in [0.717, 1.165) is 12.8 Å². The van der Waals surface area contributed by atoms with Crippen molar-refractivity contribution < 1.29 is 13.9 Å². The lowest BCUT2D eigenvalue weighted by atomic mass is 10.1. The van der Waals surface area contributed by atoms with Crippen molar-refractivity contribution >= 4 is 17.6 Å². The van der Waals surface area contributed by atoms with Crippen LogP contribution >= 0.6 is 11.6 Å². The minimum absolute atomic E-state index is 0.00833. The summed E-state index contributed by atoms with van der Waals surface area (Å²) < 4.78 is 18.5. The highest BCUT2D eigenvalue weighted by Gasteiger charge is 2.32. The average Bonchev–Trinajstić information content (AvgIpc) is 3.13. The van der Waals surface area contributed by atoms with Gasteiger partial charge in [0.15, 0.2) is 0 Å². The van der Waals surface area contributed by atoms with E-state index < -0.39 is 17.8 Å². The van der Waals surface area contributed by atoms with Crippen LogP contribution in [0.3, 0.4) is 0 Å². The Morgan fingerprint density at radius 3 is 2.88 bits per heavy atom. The first-order valence-electron chi connectivity index (χ1n) is 5.41. The molecule has 0 aliphatic heterocycles. The van der Waals surface area contributed by atoms with Crippen LogP contribution in [-0.4, -0.2) is 19.1 Å². The van der Waals surface area contributed by atoms with Crippen LogP contribution in [0.4, 0.5) is 4.39 Å². The molecular formula is C12H13ClFNO2. The molecule has 1 aromatic rings. The van der Waals surface area contributed by atoms with Crippen molar-refractivity contribution in [1.29, 1.82) is 0 Å². The van der Waals surface area contributed by atoms with Crippen molar-refractivity contribution in [3.8, 4) is 0 Å². The van der Waals surface area contributed by atoms with E-state index in [9.17, 15) is 9.18 Å². The van der Waals surface area contributed by atoms with E-state index in [0.29, 0.717) is 0 Å². The molecule has 1 aromatic carbocycles. The summed E-state index contributed by atoms with van der Waals surface area (Å²) in [4.78, 5) is 11.6. The highest BCUT2D eigenvalue weighted by Crippen LogP contribution is 2.28. The van der Waals surface area contributed by atoms with E-state index in [1.807, 2.05) is 0 Å². The second-order valence-corrected chi connectivity index (χ2v) is 4.45. The summed E-state index contributed by atoms with van der Waals surface area (Å²) in [6.45, 7) is 0. The van der Waals surface area contributed by atoms with Gasteiger partial charge in [-0.15, -0.1) is 0 Å². The monoisotopic (exact) mass is 257 g/mol. The molecule has 5 heteroatoms. The lowest BCUT2D eigenvalue weighted by Gasteiger charge is -2.17. The zero-order valence-electron chi connectivity index (χ0n) is 9.37. The molecule has 1 saturated carbocycles. The Labute approximate surface area is 104 Å². The third kappa shape index (κ3) is 2.76. The summed E-state index contributed by atoms with van der Waals surface area (Å²) in [5.41, 5.74) is 0.233. The first-order chi connectivity index (χ1) is 8.13. The number of esters is 1. The van der Waals surface area contributed by atoms with Gasteiger partial charge in [-0.3, -0.25) is 5.32 Å². The molecular weight excluding hydrogens is 245 g/mol. The van der Waals surface area contributed by atoms with Gasteiger partial charge in [-0.1, -0.05) is 23.7 Å². The minimum Gasteiger partial charge on any atom is -0.468 e. The number of hydrogen-bond donors (Lipinski definition) is 1. The summed E-state index contributed by atoms with van der Waals surface area (Å²) in [6.07, 6.45) is 1.99. The molecule has 1 aliphatic rings. The molecule has 0 heterocycles. The summed E-state index contributed by atoms with van der Waals surface area (Å²) in [6, 6.07) is 4.08. The number of nitrogens with one attached hydrogen (secondary N) is 1. The molecule has 0 bridgehead atoms. The SMILES string of the molecule is COC(=O)C(NC1CC1)c1cccc(Cl)c1F. The predicted octanol–water partition coefficient (Wildman–Crippen LogP) is 2.45. The second-order valence-electron chi connectivity index (χ2n) is 4.04. The van der Waals surface area contributed by atoms with Gasteiger partial charge in [-0.05, 0) is 18.9 Å². The molecule has 3 nitrogen and oxygen atoms in total. The van der Waals surface area contributed by atoms with Crippen LogP contribution in [0.5, 0.6) is 0 Å². The average molecular weight is 258 g/mol. The number of carbonyl (C=O) groups is 1. The Kier molecular flexibility index (Phi) is 3.64. The summed E-state index contributed by atoms with van der Waals surface area (Å²) >= 11 is 5.70. The third-order valence-electron chi connectivity index (χ3n) is 2.71. The quantitative estimate of drug-likeness (QED) is 0.842. The maximum absolute atomic E-state index is 13.8. The normalized spacial score (nSPS) is 16.6. The Morgan fingerprint density at radius 2 is 2.29 bits per heavy atom. The van der Waals surface area contributed by atoms with Crippen LogP contribution in [-0.2, 0) is 9.53 Å². The van der Waals surface area contributed by atoms with Crippen LogP contribution in [0.2, 0.25) is 5.02 Å². The van der Waals surface area contributed by atoms with Crippen molar-refractivity contribution in [3.05, 3.63) is 34.6 Å². The van der Waals surface area contributed by atoms with Crippen LogP contribution < -0.4 is 5.32 Å². The Bertz CT molecular complexity index is 435. The molecule has 0 spiro atoms. The van der Waals surface area contributed by atoms with E-state index >= 15 is 0 Å². The molecule has 1 N–H and O–H groups in total. The van der Waals surface area contributed by atoms with E-state index in [-0.39, 0.29) is 16.6 Å². The van der Waals surface area contributed by atoms with Crippen molar-refractivity contribution in [2.45, 2.75) is 24.9 Å². The fourth-order valence-corrected chi connectivity index (χ4v) is 1.81. The predicted molar refractivity (Wildman–Crippen MR) is 62.3 cm³/mol. The van der Waals surface area contributed by atoms with E-state index in [1.54, 1.807) is 6.07 Å². The number of hydrogen-bond acceptors (Lipinski definition) is 3. The van der Waals surface area contributed by atoms with Crippen LogP contribution in [0.25, 0.3) is 0 Å². The number of methoxy groups -OCH3 is 1. The zero-order chi connectivity index (χ0) is 12.4. The molecule has 0 radical (unpaired) electrons.